The largest absolute Gasteiger partial charge is 0.391 e. The summed E-state index contributed by atoms with van der Waals surface area (Å²) in [5.41, 5.74) is 0. The highest BCUT2D eigenvalue weighted by atomic mass is 32.2. The third-order valence-corrected chi connectivity index (χ3v) is 4.74. The number of thioether (sulfide) groups is 1. The first-order valence-corrected chi connectivity index (χ1v) is 6.97. The molecule has 0 heterocycles. The van der Waals surface area contributed by atoms with Gasteiger partial charge in [-0.1, -0.05) is 20.8 Å². The van der Waals surface area contributed by atoms with Crippen LogP contribution in [0.1, 0.15) is 46.5 Å². The third-order valence-electron chi connectivity index (χ3n) is 3.39. The Morgan fingerprint density at radius 2 is 1.50 bits per heavy atom. The number of halogens is 3. The van der Waals surface area contributed by atoms with Gasteiger partial charge in [0.2, 0.25) is 0 Å². The standard InChI is InChI=1S/C12H21F3S/c1-8(2)16-9(3)10-4-6-11(7-5-10)12(13,14)15/h8-11H,4-7H2,1-3H3. The molecule has 0 aromatic rings. The molecule has 0 N–H and O–H groups in total. The van der Waals surface area contributed by atoms with E-state index in [1.165, 1.54) is 0 Å². The minimum Gasteiger partial charge on any atom is -0.171 e. The van der Waals surface area contributed by atoms with Crippen LogP contribution in [0.25, 0.3) is 0 Å². The summed E-state index contributed by atoms with van der Waals surface area (Å²) in [4.78, 5) is 0. The summed E-state index contributed by atoms with van der Waals surface area (Å²) in [5.74, 6) is -0.564. The molecule has 16 heavy (non-hydrogen) atoms. The van der Waals surface area contributed by atoms with E-state index in [-0.39, 0.29) is 0 Å². The first-order chi connectivity index (χ1) is 7.30. The molecule has 0 amide bonds. The summed E-state index contributed by atoms with van der Waals surface area (Å²) in [6, 6.07) is 0. The van der Waals surface area contributed by atoms with Crippen molar-refractivity contribution in [2.45, 2.75) is 63.1 Å². The Labute approximate surface area is 100 Å². The molecular weight excluding hydrogens is 233 g/mol. The maximum absolute atomic E-state index is 12.5. The molecule has 1 unspecified atom stereocenters. The van der Waals surface area contributed by atoms with E-state index in [0.29, 0.717) is 29.3 Å². The summed E-state index contributed by atoms with van der Waals surface area (Å²) in [6.45, 7) is 6.44. The van der Waals surface area contributed by atoms with Crippen molar-refractivity contribution in [1.29, 1.82) is 0 Å². The number of alkyl halides is 3. The molecule has 0 nitrogen and oxygen atoms in total. The van der Waals surface area contributed by atoms with Gasteiger partial charge in [0.15, 0.2) is 0 Å². The predicted octanol–water partition coefficient (Wildman–Crippen LogP) is 4.89. The molecule has 1 fully saturated rings. The first-order valence-electron chi connectivity index (χ1n) is 6.03. The lowest BCUT2D eigenvalue weighted by atomic mass is 9.80. The average molecular weight is 254 g/mol. The Morgan fingerprint density at radius 3 is 1.88 bits per heavy atom. The summed E-state index contributed by atoms with van der Waals surface area (Å²) in [6.07, 6.45) is -1.83. The Hall–Kier alpha value is 0.140. The van der Waals surface area contributed by atoms with Crippen molar-refractivity contribution in [3.8, 4) is 0 Å². The fourth-order valence-electron chi connectivity index (χ4n) is 2.46. The van der Waals surface area contributed by atoms with Crippen LogP contribution >= 0.6 is 11.8 Å². The minimum absolute atomic E-state index is 0.331. The van der Waals surface area contributed by atoms with E-state index in [4.69, 9.17) is 0 Å². The smallest absolute Gasteiger partial charge is 0.171 e. The van der Waals surface area contributed by atoms with Crippen molar-refractivity contribution in [3.63, 3.8) is 0 Å². The van der Waals surface area contributed by atoms with Crippen molar-refractivity contribution >= 4 is 11.8 Å². The monoisotopic (exact) mass is 254 g/mol. The number of rotatable bonds is 3. The summed E-state index contributed by atoms with van der Waals surface area (Å²) in [7, 11) is 0. The van der Waals surface area contributed by atoms with Gasteiger partial charge in [-0.15, -0.1) is 0 Å². The van der Waals surface area contributed by atoms with Crippen LogP contribution in [-0.2, 0) is 0 Å². The summed E-state index contributed by atoms with van der Waals surface area (Å²) >= 11 is 1.89. The van der Waals surface area contributed by atoms with Crippen LogP contribution in [0.4, 0.5) is 13.2 Å². The van der Waals surface area contributed by atoms with Gasteiger partial charge in [0, 0.05) is 5.25 Å². The molecule has 96 valence electrons. The van der Waals surface area contributed by atoms with Gasteiger partial charge in [0.05, 0.1) is 5.92 Å². The van der Waals surface area contributed by atoms with Gasteiger partial charge in [0.25, 0.3) is 0 Å². The fraction of sp³-hybridized carbons (Fsp3) is 1.00. The van der Waals surface area contributed by atoms with E-state index < -0.39 is 12.1 Å². The summed E-state index contributed by atoms with van der Waals surface area (Å²) in [5, 5.41) is 1.06. The van der Waals surface area contributed by atoms with E-state index in [1.54, 1.807) is 0 Å². The van der Waals surface area contributed by atoms with Gasteiger partial charge in [-0.05, 0) is 36.9 Å². The zero-order valence-electron chi connectivity index (χ0n) is 10.2. The van der Waals surface area contributed by atoms with Gasteiger partial charge in [-0.3, -0.25) is 0 Å². The normalized spacial score (nSPS) is 29.4. The number of hydrogen-bond donors (Lipinski definition) is 0. The molecule has 0 saturated heterocycles. The van der Waals surface area contributed by atoms with Gasteiger partial charge in [-0.25, -0.2) is 0 Å². The SMILES string of the molecule is CC(C)SC(C)C1CCC(C(F)(F)F)CC1. The van der Waals surface area contributed by atoms with Gasteiger partial charge in [-0.2, -0.15) is 24.9 Å². The zero-order valence-corrected chi connectivity index (χ0v) is 11.0. The molecular formula is C12H21F3S. The van der Waals surface area contributed by atoms with Crippen molar-refractivity contribution in [2.75, 3.05) is 0 Å². The molecule has 0 radical (unpaired) electrons. The van der Waals surface area contributed by atoms with Crippen LogP contribution in [0, 0.1) is 11.8 Å². The molecule has 1 aliphatic rings. The van der Waals surface area contributed by atoms with Crippen LogP contribution in [0.15, 0.2) is 0 Å². The molecule has 0 bridgehead atoms. The Kier molecular flexibility index (Phi) is 5.02. The molecule has 1 aliphatic carbocycles. The lowest BCUT2D eigenvalue weighted by Crippen LogP contribution is -2.30. The van der Waals surface area contributed by atoms with E-state index in [2.05, 4.69) is 20.8 Å². The second-order valence-corrected chi connectivity index (χ2v) is 7.00. The minimum atomic E-state index is -3.97. The van der Waals surface area contributed by atoms with Crippen molar-refractivity contribution in [1.82, 2.24) is 0 Å². The van der Waals surface area contributed by atoms with E-state index in [0.717, 1.165) is 12.8 Å². The molecule has 0 aliphatic heterocycles. The van der Waals surface area contributed by atoms with E-state index >= 15 is 0 Å². The molecule has 1 saturated carbocycles. The highest BCUT2D eigenvalue weighted by Gasteiger charge is 2.42. The predicted molar refractivity (Wildman–Crippen MR) is 63.7 cm³/mol. The highest BCUT2D eigenvalue weighted by molar-refractivity contribution is 8.00. The topological polar surface area (TPSA) is 0 Å². The van der Waals surface area contributed by atoms with Gasteiger partial charge < -0.3 is 0 Å². The van der Waals surface area contributed by atoms with Crippen molar-refractivity contribution < 1.29 is 13.2 Å². The third kappa shape index (κ3) is 4.19. The Morgan fingerprint density at radius 1 is 1.00 bits per heavy atom. The van der Waals surface area contributed by atoms with Crippen LogP contribution in [0.5, 0.6) is 0 Å². The van der Waals surface area contributed by atoms with Crippen LogP contribution in [0.2, 0.25) is 0 Å². The van der Waals surface area contributed by atoms with E-state index in [1.807, 2.05) is 11.8 Å². The first kappa shape index (κ1) is 14.2. The van der Waals surface area contributed by atoms with Crippen molar-refractivity contribution in [2.24, 2.45) is 11.8 Å². The van der Waals surface area contributed by atoms with Gasteiger partial charge in [0.1, 0.15) is 0 Å². The summed E-state index contributed by atoms with van der Waals surface area (Å²) < 4.78 is 37.4. The average Bonchev–Trinajstić information content (AvgIpc) is 2.15. The van der Waals surface area contributed by atoms with Gasteiger partial charge >= 0.3 is 6.18 Å². The molecule has 1 rings (SSSR count). The second kappa shape index (κ2) is 5.65. The van der Waals surface area contributed by atoms with Crippen LogP contribution in [-0.4, -0.2) is 16.7 Å². The molecule has 0 spiro atoms. The van der Waals surface area contributed by atoms with E-state index in [9.17, 15) is 13.2 Å². The highest BCUT2D eigenvalue weighted by Crippen LogP contribution is 2.42. The molecule has 4 heteroatoms. The fourth-order valence-corrected chi connectivity index (χ4v) is 3.81. The molecule has 1 atom stereocenters. The van der Waals surface area contributed by atoms with Crippen molar-refractivity contribution in [3.05, 3.63) is 0 Å². The zero-order chi connectivity index (χ0) is 12.3. The Balaban J connectivity index is 2.37. The molecule has 0 aromatic heterocycles. The lowest BCUT2D eigenvalue weighted by molar-refractivity contribution is -0.183. The lowest BCUT2D eigenvalue weighted by Gasteiger charge is -2.33. The maximum Gasteiger partial charge on any atom is 0.391 e. The van der Waals surface area contributed by atoms with Crippen LogP contribution in [0.3, 0.4) is 0 Å². The van der Waals surface area contributed by atoms with Crippen LogP contribution < -0.4 is 0 Å². The maximum atomic E-state index is 12.5. The quantitative estimate of drug-likeness (QED) is 0.691. The Bertz CT molecular complexity index is 205. The molecule has 0 aromatic carbocycles. The number of hydrogen-bond acceptors (Lipinski definition) is 1. The second-order valence-electron chi connectivity index (χ2n) is 5.04.